The molecule has 2 heterocycles. The maximum absolute atomic E-state index is 13.5. The first kappa shape index (κ1) is 31.2. The average molecular weight is 547 g/mol. The second-order valence-corrected chi connectivity index (χ2v) is 9.18. The molecular weight excluding hydrogens is 512 g/mol. The molecule has 13 heteroatoms. The minimum absolute atomic E-state index is 0. The molecule has 0 bridgehead atoms. The largest absolute Gasteiger partial charge is 0.480 e. The number of hydrogen-bond donors (Lipinski definition) is 3. The fraction of sp³-hybridized carbons (Fsp3) is 0.520. The van der Waals surface area contributed by atoms with Gasteiger partial charge in [-0.05, 0) is 49.9 Å². The van der Waals surface area contributed by atoms with Gasteiger partial charge in [0, 0.05) is 25.2 Å². The van der Waals surface area contributed by atoms with E-state index in [4.69, 9.17) is 15.3 Å². The number of aliphatic hydroxyl groups is 2. The van der Waals surface area contributed by atoms with Crippen molar-refractivity contribution < 1.29 is 37.2 Å². The normalized spacial score (nSPS) is 23.5. The van der Waals surface area contributed by atoms with Gasteiger partial charge in [0.05, 0.1) is 31.6 Å². The molecule has 2 atom stereocenters. The molecule has 2 unspecified atom stereocenters. The van der Waals surface area contributed by atoms with Crippen molar-refractivity contribution >= 4 is 0 Å². The van der Waals surface area contributed by atoms with E-state index in [1.807, 2.05) is 0 Å². The minimum atomic E-state index is -1.14. The van der Waals surface area contributed by atoms with E-state index in [0.29, 0.717) is 32.4 Å². The third-order valence-corrected chi connectivity index (χ3v) is 6.22. The van der Waals surface area contributed by atoms with Crippen molar-refractivity contribution in [2.24, 2.45) is 11.1 Å². The van der Waals surface area contributed by atoms with E-state index in [1.165, 1.54) is 10.0 Å². The maximum atomic E-state index is 13.5. The molecule has 0 amide bonds. The Morgan fingerprint density at radius 1 is 0.842 bits per heavy atom. The van der Waals surface area contributed by atoms with Crippen molar-refractivity contribution in [3.63, 3.8) is 0 Å². The molecule has 0 spiro atoms. The molecule has 2 saturated heterocycles. The summed E-state index contributed by atoms with van der Waals surface area (Å²) in [6.45, 7) is 0.769. The van der Waals surface area contributed by atoms with Crippen molar-refractivity contribution in [1.82, 2.24) is 10.0 Å². The SMILES string of the molecule is C.NN1CCCC(CO)(Oc2cc(F)ccc2F)C1.O=NN1CCCC(CO)(Oc2cc(F)ccc2F)C1. The summed E-state index contributed by atoms with van der Waals surface area (Å²) < 4.78 is 64.1. The van der Waals surface area contributed by atoms with Gasteiger partial charge in [0.2, 0.25) is 0 Å². The number of benzene rings is 2. The molecule has 0 saturated carbocycles. The highest BCUT2D eigenvalue weighted by molar-refractivity contribution is 5.27. The van der Waals surface area contributed by atoms with E-state index < -0.39 is 41.1 Å². The van der Waals surface area contributed by atoms with Crippen LogP contribution in [-0.4, -0.2) is 70.8 Å². The third kappa shape index (κ3) is 8.00. The van der Waals surface area contributed by atoms with E-state index in [1.54, 1.807) is 0 Å². The number of rotatable bonds is 7. The highest BCUT2D eigenvalue weighted by Crippen LogP contribution is 2.30. The number of piperidine rings is 2. The molecule has 0 aromatic heterocycles. The zero-order valence-corrected chi connectivity index (χ0v) is 20.1. The van der Waals surface area contributed by atoms with Crippen LogP contribution in [0.1, 0.15) is 33.1 Å². The van der Waals surface area contributed by atoms with E-state index in [-0.39, 0.29) is 38.6 Å². The zero-order chi connectivity index (χ0) is 27.1. The fourth-order valence-electron chi connectivity index (χ4n) is 4.34. The number of nitrogens with two attached hydrogens (primary N) is 1. The van der Waals surface area contributed by atoms with Crippen molar-refractivity contribution in [2.45, 2.75) is 44.3 Å². The molecule has 2 aliphatic heterocycles. The first-order chi connectivity index (χ1) is 17.6. The van der Waals surface area contributed by atoms with Gasteiger partial charge >= 0.3 is 0 Å². The van der Waals surface area contributed by atoms with E-state index in [9.17, 15) is 32.7 Å². The van der Waals surface area contributed by atoms with Crippen molar-refractivity contribution in [1.29, 1.82) is 0 Å². The van der Waals surface area contributed by atoms with Gasteiger partial charge in [0.1, 0.15) is 17.2 Å². The predicted molar refractivity (Wildman–Crippen MR) is 132 cm³/mol. The summed E-state index contributed by atoms with van der Waals surface area (Å²) in [5.41, 5.74) is -2.11. The van der Waals surface area contributed by atoms with Crippen LogP contribution < -0.4 is 15.3 Å². The van der Waals surface area contributed by atoms with Gasteiger partial charge in [0.25, 0.3) is 0 Å². The second kappa shape index (κ2) is 13.7. The molecule has 4 rings (SSSR count). The number of halogens is 4. The highest BCUT2D eigenvalue weighted by Gasteiger charge is 2.39. The third-order valence-electron chi connectivity index (χ3n) is 6.22. The lowest BCUT2D eigenvalue weighted by Crippen LogP contribution is -2.56. The topological polar surface area (TPSA) is 121 Å². The smallest absolute Gasteiger partial charge is 0.165 e. The first-order valence-corrected chi connectivity index (χ1v) is 11.7. The number of hydrogen-bond acceptors (Lipinski definition) is 8. The lowest BCUT2D eigenvalue weighted by Gasteiger charge is -2.39. The van der Waals surface area contributed by atoms with Gasteiger partial charge in [0.15, 0.2) is 28.7 Å². The van der Waals surface area contributed by atoms with Gasteiger partial charge in [-0.1, -0.05) is 7.43 Å². The van der Waals surface area contributed by atoms with Crippen LogP contribution in [0.4, 0.5) is 17.6 Å². The van der Waals surface area contributed by atoms with Gasteiger partial charge in [-0.25, -0.2) is 22.6 Å². The fourth-order valence-corrected chi connectivity index (χ4v) is 4.34. The number of nitroso groups, excluding NO2 is 1. The lowest BCUT2D eigenvalue weighted by atomic mass is 9.94. The van der Waals surface area contributed by atoms with Crippen LogP contribution >= 0.6 is 0 Å². The Bertz CT molecular complexity index is 1070. The van der Waals surface area contributed by atoms with Crippen LogP contribution in [0.3, 0.4) is 0 Å². The number of hydrazine groups is 1. The molecule has 9 nitrogen and oxygen atoms in total. The van der Waals surface area contributed by atoms with Crippen LogP contribution in [0, 0.1) is 28.2 Å². The number of nitrogens with zero attached hydrogens (tertiary/aromatic N) is 3. The number of ether oxygens (including phenoxy) is 2. The summed E-state index contributed by atoms with van der Waals surface area (Å²) in [6.07, 6.45) is 2.29. The molecule has 2 aliphatic rings. The molecule has 4 N–H and O–H groups in total. The summed E-state index contributed by atoms with van der Waals surface area (Å²) >= 11 is 0. The Morgan fingerprint density at radius 2 is 1.32 bits per heavy atom. The van der Waals surface area contributed by atoms with Crippen LogP contribution in [0.2, 0.25) is 0 Å². The second-order valence-electron chi connectivity index (χ2n) is 9.18. The molecule has 38 heavy (non-hydrogen) atoms. The molecule has 0 radical (unpaired) electrons. The van der Waals surface area contributed by atoms with Crippen LogP contribution in [0.15, 0.2) is 41.7 Å². The Kier molecular flexibility index (Phi) is 11.2. The summed E-state index contributed by atoms with van der Waals surface area (Å²) in [6, 6.07) is 5.84. The molecule has 212 valence electrons. The Hall–Kier alpha value is -3.00. The van der Waals surface area contributed by atoms with Crippen molar-refractivity contribution in [2.75, 3.05) is 39.4 Å². The van der Waals surface area contributed by atoms with E-state index in [2.05, 4.69) is 5.29 Å². The first-order valence-electron chi connectivity index (χ1n) is 11.7. The molecule has 0 aliphatic carbocycles. The number of aliphatic hydroxyl groups excluding tert-OH is 2. The lowest BCUT2D eigenvalue weighted by molar-refractivity contribution is -0.0496. The quantitative estimate of drug-likeness (QED) is 0.274. The van der Waals surface area contributed by atoms with Gasteiger partial charge < -0.3 is 19.7 Å². The summed E-state index contributed by atoms with van der Waals surface area (Å²) in [4.78, 5) is 10.5. The van der Waals surface area contributed by atoms with Crippen LogP contribution in [-0.2, 0) is 0 Å². The predicted octanol–water partition coefficient (Wildman–Crippen LogP) is 3.53. The van der Waals surface area contributed by atoms with Crippen molar-refractivity contribution in [3.8, 4) is 11.5 Å². The van der Waals surface area contributed by atoms with Crippen LogP contribution in [0.25, 0.3) is 0 Å². The standard InChI is InChI=1S/C12H14F2N2O3.C12H16F2N2O2.CH4/c13-9-2-3-10(14)11(6-9)19-12(8-17)4-1-5-16(7-12)15-18;13-9-2-3-10(14)11(6-9)18-12(8-17)4-1-5-16(15)7-12;/h2-3,6,17H,1,4-5,7-8H2;2-3,6,17H,1,4-5,7-8,15H2;1H4. The van der Waals surface area contributed by atoms with Gasteiger partial charge in [-0.3, -0.25) is 10.9 Å². The Morgan fingerprint density at radius 3 is 1.76 bits per heavy atom. The zero-order valence-electron chi connectivity index (χ0n) is 20.1. The van der Waals surface area contributed by atoms with Gasteiger partial charge in [-0.15, -0.1) is 4.91 Å². The molecule has 2 aromatic carbocycles. The average Bonchev–Trinajstić information content (AvgIpc) is 2.89. The van der Waals surface area contributed by atoms with Crippen molar-refractivity contribution in [3.05, 3.63) is 64.6 Å². The molecule has 2 aromatic rings. The van der Waals surface area contributed by atoms with Gasteiger partial charge in [-0.2, -0.15) is 0 Å². The van der Waals surface area contributed by atoms with E-state index >= 15 is 0 Å². The summed E-state index contributed by atoms with van der Waals surface area (Å²) in [5.74, 6) is 2.62. The monoisotopic (exact) mass is 546 g/mol. The molecule has 2 fully saturated rings. The summed E-state index contributed by atoms with van der Waals surface area (Å²) in [7, 11) is 0. The Labute approximate surface area is 218 Å². The Balaban J connectivity index is 0.000000260. The minimum Gasteiger partial charge on any atom is -0.480 e. The molecular formula is C25H34F4N4O5. The van der Waals surface area contributed by atoms with Crippen LogP contribution in [0.5, 0.6) is 11.5 Å². The highest BCUT2D eigenvalue weighted by atomic mass is 19.1. The summed E-state index contributed by atoms with van der Waals surface area (Å²) in [5, 5.41) is 24.4. The van der Waals surface area contributed by atoms with E-state index in [0.717, 1.165) is 42.8 Å². The maximum Gasteiger partial charge on any atom is 0.165 e.